The van der Waals surface area contributed by atoms with Crippen LogP contribution in [0.25, 0.3) is 10.9 Å². The number of halogens is 3. The van der Waals surface area contributed by atoms with E-state index in [0.29, 0.717) is 22.4 Å². The number of hydrogen-bond donors (Lipinski definition) is 2. The number of fused-ring (bicyclic) bond motifs is 3. The number of hydrogen-bond acceptors (Lipinski definition) is 5. The summed E-state index contributed by atoms with van der Waals surface area (Å²) in [4.78, 5) is 5.20. The third-order valence-electron chi connectivity index (χ3n) is 5.03. The Balaban J connectivity index is 2.01. The molecule has 0 aliphatic carbocycles. The van der Waals surface area contributed by atoms with E-state index in [4.69, 9.17) is 9.84 Å². The molecule has 2 N–H and O–H groups in total. The highest BCUT2D eigenvalue weighted by Gasteiger charge is 2.48. The van der Waals surface area contributed by atoms with E-state index in [1.54, 1.807) is 31.2 Å². The standard InChI is InChI=1S/C21H20F3N3O2/c1-12-10-13(29-2)6-7-17(12)27-19-14-4-3-5-16(22)18(14)26-20(25-8-9-28)15(19)11-21(27,23)24/h3-7,10,28H,8-9,11H2,1-2H3,(H,25,26). The molecule has 5 nitrogen and oxygen atoms in total. The fourth-order valence-electron chi connectivity index (χ4n) is 3.78. The summed E-state index contributed by atoms with van der Waals surface area (Å²) in [5, 5.41) is 12.3. The van der Waals surface area contributed by atoms with Crippen molar-refractivity contribution in [3.05, 3.63) is 53.3 Å². The van der Waals surface area contributed by atoms with Gasteiger partial charge in [-0.2, -0.15) is 8.78 Å². The molecule has 4 rings (SSSR count). The number of anilines is 3. The van der Waals surface area contributed by atoms with E-state index in [0.717, 1.165) is 4.90 Å². The Hall–Kier alpha value is -3.00. The van der Waals surface area contributed by atoms with Gasteiger partial charge in [0, 0.05) is 23.2 Å². The van der Waals surface area contributed by atoms with E-state index in [1.165, 1.54) is 19.2 Å². The minimum Gasteiger partial charge on any atom is -0.497 e. The van der Waals surface area contributed by atoms with Gasteiger partial charge in [0.05, 0.1) is 25.8 Å². The Morgan fingerprint density at radius 2 is 2.07 bits per heavy atom. The number of para-hydroxylation sites is 1. The molecule has 0 bridgehead atoms. The highest BCUT2D eigenvalue weighted by Crippen LogP contribution is 2.52. The smallest absolute Gasteiger partial charge is 0.334 e. The second-order valence-electron chi connectivity index (χ2n) is 6.90. The molecule has 1 aliphatic heterocycles. The molecule has 1 aliphatic rings. The van der Waals surface area contributed by atoms with Crippen molar-refractivity contribution < 1.29 is 23.0 Å². The molecule has 2 aromatic carbocycles. The zero-order valence-electron chi connectivity index (χ0n) is 16.0. The third-order valence-corrected chi connectivity index (χ3v) is 5.03. The quantitative estimate of drug-likeness (QED) is 0.619. The summed E-state index contributed by atoms with van der Waals surface area (Å²) in [5.74, 6) is 0.115. The highest BCUT2D eigenvalue weighted by atomic mass is 19.3. The van der Waals surface area contributed by atoms with Crippen molar-refractivity contribution in [3.8, 4) is 5.75 Å². The van der Waals surface area contributed by atoms with Crippen molar-refractivity contribution in [2.75, 3.05) is 30.5 Å². The molecule has 0 saturated heterocycles. The highest BCUT2D eigenvalue weighted by molar-refractivity contribution is 6.00. The molecule has 8 heteroatoms. The lowest BCUT2D eigenvalue weighted by Crippen LogP contribution is -2.35. The van der Waals surface area contributed by atoms with Crippen LogP contribution in [0.3, 0.4) is 0 Å². The summed E-state index contributed by atoms with van der Waals surface area (Å²) in [6.07, 6.45) is -0.582. The Labute approximate surface area is 165 Å². The molecule has 0 saturated carbocycles. The van der Waals surface area contributed by atoms with Gasteiger partial charge >= 0.3 is 6.05 Å². The van der Waals surface area contributed by atoms with Gasteiger partial charge in [-0.15, -0.1) is 0 Å². The molecule has 0 spiro atoms. The lowest BCUT2D eigenvalue weighted by Gasteiger charge is -2.29. The fourth-order valence-corrected chi connectivity index (χ4v) is 3.78. The first-order valence-electron chi connectivity index (χ1n) is 9.16. The maximum Gasteiger partial charge on any atom is 0.334 e. The number of ether oxygens (including phenoxy) is 1. The summed E-state index contributed by atoms with van der Waals surface area (Å²) in [5.41, 5.74) is 1.41. The number of pyridine rings is 1. The van der Waals surface area contributed by atoms with Crippen molar-refractivity contribution in [2.45, 2.75) is 19.4 Å². The lowest BCUT2D eigenvalue weighted by molar-refractivity contribution is 0.0182. The predicted molar refractivity (Wildman–Crippen MR) is 106 cm³/mol. The monoisotopic (exact) mass is 403 g/mol. The number of rotatable bonds is 5. The van der Waals surface area contributed by atoms with Gasteiger partial charge in [-0.3, -0.25) is 4.90 Å². The first kappa shape index (κ1) is 19.3. The zero-order chi connectivity index (χ0) is 20.8. The average molecular weight is 403 g/mol. The van der Waals surface area contributed by atoms with E-state index in [9.17, 15) is 4.39 Å². The van der Waals surface area contributed by atoms with Gasteiger partial charge in [-0.25, -0.2) is 9.37 Å². The topological polar surface area (TPSA) is 57.6 Å². The number of alkyl halides is 2. The predicted octanol–water partition coefficient (Wildman–Crippen LogP) is 4.38. The van der Waals surface area contributed by atoms with Crippen LogP contribution in [0, 0.1) is 12.7 Å². The van der Waals surface area contributed by atoms with Crippen LogP contribution in [-0.2, 0) is 6.42 Å². The summed E-state index contributed by atoms with van der Waals surface area (Å²) in [6, 6.07) is 5.95. The summed E-state index contributed by atoms with van der Waals surface area (Å²) < 4.78 is 50.2. The number of benzene rings is 2. The molecular weight excluding hydrogens is 383 g/mol. The molecule has 0 atom stereocenters. The Morgan fingerprint density at radius 1 is 1.28 bits per heavy atom. The van der Waals surface area contributed by atoms with Crippen molar-refractivity contribution in [2.24, 2.45) is 0 Å². The van der Waals surface area contributed by atoms with Crippen LogP contribution in [0.15, 0.2) is 36.4 Å². The molecule has 3 aromatic rings. The van der Waals surface area contributed by atoms with Gasteiger partial charge in [-0.1, -0.05) is 12.1 Å². The molecule has 0 unspecified atom stereocenters. The van der Waals surface area contributed by atoms with E-state index in [2.05, 4.69) is 10.3 Å². The second-order valence-corrected chi connectivity index (χ2v) is 6.90. The van der Waals surface area contributed by atoms with Gasteiger partial charge in [0.25, 0.3) is 0 Å². The van der Waals surface area contributed by atoms with Gasteiger partial charge in [0.2, 0.25) is 0 Å². The van der Waals surface area contributed by atoms with Crippen LogP contribution in [-0.4, -0.2) is 36.4 Å². The van der Waals surface area contributed by atoms with Crippen LogP contribution >= 0.6 is 0 Å². The van der Waals surface area contributed by atoms with Gasteiger partial charge in [0.15, 0.2) is 0 Å². The zero-order valence-corrected chi connectivity index (χ0v) is 16.0. The van der Waals surface area contributed by atoms with Crippen molar-refractivity contribution in [3.63, 3.8) is 0 Å². The first-order chi connectivity index (χ1) is 13.9. The Morgan fingerprint density at radius 3 is 2.76 bits per heavy atom. The third kappa shape index (κ3) is 3.13. The molecule has 2 heterocycles. The van der Waals surface area contributed by atoms with Crippen LogP contribution in [0.4, 0.5) is 30.4 Å². The molecule has 0 amide bonds. The maximum absolute atomic E-state index is 15.3. The maximum atomic E-state index is 15.3. The number of aliphatic hydroxyl groups is 1. The number of methoxy groups -OCH3 is 1. The number of aromatic nitrogens is 1. The van der Waals surface area contributed by atoms with Crippen LogP contribution in [0.5, 0.6) is 5.75 Å². The molecular formula is C21H20F3N3O2. The van der Waals surface area contributed by atoms with Gasteiger partial charge < -0.3 is 15.2 Å². The largest absolute Gasteiger partial charge is 0.497 e. The number of aliphatic hydroxyl groups excluding tert-OH is 1. The SMILES string of the molecule is COc1ccc(N2c3c(c(NCCO)nc4c(F)cccc34)CC2(F)F)c(C)c1. The number of aryl methyl sites for hydroxylation is 1. The van der Waals surface area contributed by atoms with Crippen molar-refractivity contribution in [1.82, 2.24) is 4.98 Å². The number of nitrogens with zero attached hydrogens (tertiary/aromatic N) is 2. The Bertz CT molecular complexity index is 1090. The number of nitrogens with one attached hydrogen (secondary N) is 1. The second kappa shape index (κ2) is 7.11. The van der Waals surface area contributed by atoms with E-state index >= 15 is 8.78 Å². The van der Waals surface area contributed by atoms with Crippen LogP contribution < -0.4 is 15.0 Å². The molecule has 1 aromatic heterocycles. The normalized spacial score (nSPS) is 14.9. The average Bonchev–Trinajstić information content (AvgIpc) is 2.97. The van der Waals surface area contributed by atoms with E-state index < -0.39 is 18.3 Å². The van der Waals surface area contributed by atoms with Crippen molar-refractivity contribution in [1.29, 1.82) is 0 Å². The van der Waals surface area contributed by atoms with E-state index in [1.807, 2.05) is 0 Å². The first-order valence-corrected chi connectivity index (χ1v) is 9.16. The summed E-state index contributed by atoms with van der Waals surface area (Å²) in [7, 11) is 1.51. The Kier molecular flexibility index (Phi) is 4.74. The minimum absolute atomic E-state index is 0.000513. The summed E-state index contributed by atoms with van der Waals surface area (Å²) in [6.45, 7) is 1.64. The lowest BCUT2D eigenvalue weighted by atomic mass is 10.1. The van der Waals surface area contributed by atoms with Gasteiger partial charge in [-0.05, 0) is 36.8 Å². The minimum atomic E-state index is -3.24. The van der Waals surface area contributed by atoms with Gasteiger partial charge in [0.1, 0.15) is 22.9 Å². The molecule has 29 heavy (non-hydrogen) atoms. The van der Waals surface area contributed by atoms with E-state index in [-0.39, 0.29) is 35.7 Å². The van der Waals surface area contributed by atoms with Crippen LogP contribution in [0.2, 0.25) is 0 Å². The van der Waals surface area contributed by atoms with Crippen molar-refractivity contribution >= 4 is 28.1 Å². The fraction of sp³-hybridized carbons (Fsp3) is 0.286. The van der Waals surface area contributed by atoms with Crippen LogP contribution in [0.1, 0.15) is 11.1 Å². The molecule has 0 radical (unpaired) electrons. The molecule has 152 valence electrons. The molecule has 0 fully saturated rings. The summed E-state index contributed by atoms with van der Waals surface area (Å²) >= 11 is 0.